The van der Waals surface area contributed by atoms with Crippen molar-refractivity contribution in [2.75, 3.05) is 12.4 Å². The van der Waals surface area contributed by atoms with Crippen molar-refractivity contribution in [2.45, 2.75) is 12.5 Å². The maximum atomic E-state index is 8.65. The van der Waals surface area contributed by atoms with Crippen molar-refractivity contribution in [3.63, 3.8) is 0 Å². The van der Waals surface area contributed by atoms with Gasteiger partial charge in [-0.05, 0) is 13.0 Å². The average molecular weight is 124 g/mol. The number of aliphatic hydroxyl groups is 1. The highest BCUT2D eigenvalue weighted by atomic mass is 35.5. The monoisotopic (exact) mass is 123 g/mol. The number of hydrogen-bond donors (Lipinski definition) is 2. The molecular weight excluding hydrogens is 114 g/mol. The van der Waals surface area contributed by atoms with Crippen molar-refractivity contribution in [1.82, 2.24) is 0 Å². The molecule has 0 radical (unpaired) electrons. The van der Waals surface area contributed by atoms with Gasteiger partial charge in [0.1, 0.15) is 0 Å². The van der Waals surface area contributed by atoms with Gasteiger partial charge in [0.05, 0.1) is 6.10 Å². The Hall–Kier alpha value is 0.210. The predicted octanol–water partition coefficient (Wildman–Crippen LogP) is -0.0651. The van der Waals surface area contributed by atoms with Crippen LogP contribution in [-0.2, 0) is 0 Å². The molecule has 0 aliphatic heterocycles. The third-order valence-corrected chi connectivity index (χ3v) is 1.03. The van der Waals surface area contributed by atoms with Crippen LogP contribution in [0.4, 0.5) is 0 Å². The number of rotatable bonds is 3. The maximum absolute atomic E-state index is 8.65. The van der Waals surface area contributed by atoms with E-state index in [1.807, 2.05) is 0 Å². The molecule has 0 fully saturated rings. The van der Waals surface area contributed by atoms with E-state index >= 15 is 0 Å². The minimum atomic E-state index is -0.410. The van der Waals surface area contributed by atoms with E-state index in [9.17, 15) is 0 Å². The van der Waals surface area contributed by atoms with Crippen LogP contribution in [-0.4, -0.2) is 23.6 Å². The van der Waals surface area contributed by atoms with E-state index in [-0.39, 0.29) is 5.88 Å². The maximum Gasteiger partial charge on any atom is 0.0687 e. The Morgan fingerprint density at radius 1 is 1.71 bits per heavy atom. The van der Waals surface area contributed by atoms with Crippen LogP contribution in [0.15, 0.2) is 0 Å². The molecule has 0 aromatic heterocycles. The predicted molar refractivity (Wildman–Crippen MR) is 30.4 cm³/mol. The Kier molecular flexibility index (Phi) is 4.50. The Bertz CT molecular complexity index is 42.7. The lowest BCUT2D eigenvalue weighted by molar-refractivity contribution is 0.190. The van der Waals surface area contributed by atoms with Gasteiger partial charge in [-0.3, -0.25) is 0 Å². The summed E-state index contributed by atoms with van der Waals surface area (Å²) in [5, 5.41) is 8.65. The van der Waals surface area contributed by atoms with Gasteiger partial charge in [0.2, 0.25) is 0 Å². The van der Waals surface area contributed by atoms with Gasteiger partial charge in [0.15, 0.2) is 0 Å². The summed E-state index contributed by atoms with van der Waals surface area (Å²) >= 11 is 5.23. The number of halogens is 1. The average Bonchev–Trinajstić information content (AvgIpc) is 1.68. The van der Waals surface area contributed by atoms with Crippen LogP contribution in [0.5, 0.6) is 0 Å². The Labute approximate surface area is 48.3 Å². The molecule has 0 saturated carbocycles. The van der Waals surface area contributed by atoms with Crippen molar-refractivity contribution in [3.8, 4) is 0 Å². The molecule has 2 nitrogen and oxygen atoms in total. The first-order valence-electron chi connectivity index (χ1n) is 2.25. The summed E-state index contributed by atoms with van der Waals surface area (Å²) in [5.74, 6) is 0.289. The molecule has 0 rings (SSSR count). The minimum Gasteiger partial charge on any atom is -0.392 e. The van der Waals surface area contributed by atoms with E-state index in [2.05, 4.69) is 0 Å². The van der Waals surface area contributed by atoms with Gasteiger partial charge in [0.25, 0.3) is 0 Å². The second kappa shape index (κ2) is 4.37. The summed E-state index contributed by atoms with van der Waals surface area (Å²) in [6, 6.07) is 0. The number of alkyl halides is 1. The first kappa shape index (κ1) is 7.21. The topological polar surface area (TPSA) is 46.2 Å². The molecule has 44 valence electrons. The Balaban J connectivity index is 2.83. The number of hydrogen-bond acceptors (Lipinski definition) is 2. The summed E-state index contributed by atoms with van der Waals surface area (Å²) < 4.78 is 0. The minimum absolute atomic E-state index is 0.289. The molecule has 0 aromatic carbocycles. The zero-order valence-corrected chi connectivity index (χ0v) is 4.86. The van der Waals surface area contributed by atoms with Gasteiger partial charge in [-0.25, -0.2) is 0 Å². The van der Waals surface area contributed by atoms with E-state index in [1.54, 1.807) is 0 Å². The SMILES string of the molecule is NCCC(O)CCl. The van der Waals surface area contributed by atoms with Gasteiger partial charge in [-0.2, -0.15) is 0 Å². The lowest BCUT2D eigenvalue weighted by Crippen LogP contribution is -2.14. The molecular formula is C4H10ClNO. The molecule has 0 aliphatic rings. The molecule has 0 bridgehead atoms. The molecule has 3 N–H and O–H groups in total. The summed E-state index contributed by atoms with van der Waals surface area (Å²) in [6.07, 6.45) is 0.190. The summed E-state index contributed by atoms with van der Waals surface area (Å²) in [5.41, 5.74) is 5.09. The van der Waals surface area contributed by atoms with Crippen LogP contribution in [0.2, 0.25) is 0 Å². The largest absolute Gasteiger partial charge is 0.392 e. The molecule has 3 heteroatoms. The number of aliphatic hydroxyl groups excluding tert-OH is 1. The molecule has 0 saturated heterocycles. The van der Waals surface area contributed by atoms with Crippen molar-refractivity contribution in [3.05, 3.63) is 0 Å². The third kappa shape index (κ3) is 4.05. The second-order valence-corrected chi connectivity index (χ2v) is 1.69. The van der Waals surface area contributed by atoms with Crippen molar-refractivity contribution in [2.24, 2.45) is 5.73 Å². The highest BCUT2D eigenvalue weighted by Gasteiger charge is 1.96. The molecule has 0 spiro atoms. The Morgan fingerprint density at radius 2 is 2.29 bits per heavy atom. The molecule has 1 atom stereocenters. The number of nitrogens with two attached hydrogens (primary N) is 1. The van der Waals surface area contributed by atoms with E-state index in [1.165, 1.54) is 0 Å². The van der Waals surface area contributed by atoms with Gasteiger partial charge in [-0.15, -0.1) is 11.6 Å². The first-order chi connectivity index (χ1) is 3.31. The van der Waals surface area contributed by atoms with Crippen LogP contribution in [0, 0.1) is 0 Å². The van der Waals surface area contributed by atoms with Gasteiger partial charge < -0.3 is 10.8 Å². The summed E-state index contributed by atoms with van der Waals surface area (Å²) in [6.45, 7) is 0.508. The first-order valence-corrected chi connectivity index (χ1v) is 2.78. The van der Waals surface area contributed by atoms with E-state index in [0.29, 0.717) is 13.0 Å². The fourth-order valence-electron chi connectivity index (χ4n) is 0.270. The highest BCUT2D eigenvalue weighted by Crippen LogP contribution is 1.90. The van der Waals surface area contributed by atoms with Crippen LogP contribution < -0.4 is 5.73 Å². The zero-order chi connectivity index (χ0) is 5.70. The molecule has 0 heterocycles. The normalized spacial score (nSPS) is 14.1. The van der Waals surface area contributed by atoms with Crippen molar-refractivity contribution >= 4 is 11.6 Å². The standard InChI is InChI=1S/C4H10ClNO/c5-3-4(7)1-2-6/h4,7H,1-3,6H2. The quantitative estimate of drug-likeness (QED) is 0.517. The second-order valence-electron chi connectivity index (χ2n) is 1.39. The van der Waals surface area contributed by atoms with Crippen molar-refractivity contribution in [1.29, 1.82) is 0 Å². The van der Waals surface area contributed by atoms with Crippen molar-refractivity contribution < 1.29 is 5.11 Å². The Morgan fingerprint density at radius 3 is 2.43 bits per heavy atom. The van der Waals surface area contributed by atoms with Crippen LogP contribution in [0.3, 0.4) is 0 Å². The smallest absolute Gasteiger partial charge is 0.0687 e. The lowest BCUT2D eigenvalue weighted by atomic mass is 10.3. The third-order valence-electron chi connectivity index (χ3n) is 0.678. The van der Waals surface area contributed by atoms with Gasteiger partial charge in [-0.1, -0.05) is 0 Å². The van der Waals surface area contributed by atoms with E-state index in [4.69, 9.17) is 22.4 Å². The summed E-state index contributed by atoms with van der Waals surface area (Å²) in [7, 11) is 0. The van der Waals surface area contributed by atoms with Crippen LogP contribution in [0.1, 0.15) is 6.42 Å². The highest BCUT2D eigenvalue weighted by molar-refractivity contribution is 6.18. The molecule has 0 aliphatic carbocycles. The molecule has 7 heavy (non-hydrogen) atoms. The molecule has 0 amide bonds. The zero-order valence-electron chi connectivity index (χ0n) is 4.10. The lowest BCUT2D eigenvalue weighted by Gasteiger charge is -2.00. The van der Waals surface area contributed by atoms with Crippen LogP contribution >= 0.6 is 11.6 Å². The fraction of sp³-hybridized carbons (Fsp3) is 1.00. The van der Waals surface area contributed by atoms with E-state index < -0.39 is 6.10 Å². The molecule has 0 aromatic rings. The fourth-order valence-corrected chi connectivity index (χ4v) is 0.424. The summed E-state index contributed by atoms with van der Waals surface area (Å²) in [4.78, 5) is 0. The van der Waals surface area contributed by atoms with Gasteiger partial charge >= 0.3 is 0 Å². The van der Waals surface area contributed by atoms with Gasteiger partial charge in [0, 0.05) is 5.88 Å². The van der Waals surface area contributed by atoms with E-state index in [0.717, 1.165) is 0 Å². The van der Waals surface area contributed by atoms with Crippen LogP contribution in [0.25, 0.3) is 0 Å². The molecule has 1 unspecified atom stereocenters.